The topological polar surface area (TPSA) is 97.6 Å². The number of thiazole rings is 1. The number of H-pyrrole nitrogens is 1. The van der Waals surface area contributed by atoms with Crippen LogP contribution >= 0.6 is 11.3 Å². The first kappa shape index (κ1) is 11.5. The lowest BCUT2D eigenvalue weighted by molar-refractivity contribution is 0.100. The minimum atomic E-state index is -0.511. The fourth-order valence-corrected chi connectivity index (χ4v) is 2.45. The van der Waals surface area contributed by atoms with Gasteiger partial charge in [0.1, 0.15) is 6.33 Å². The molecule has 3 aromatic rings. The van der Waals surface area contributed by atoms with Gasteiger partial charge in [-0.2, -0.15) is 5.10 Å². The maximum atomic E-state index is 11.6. The fraction of sp³-hybridized carbons (Fsp3) is 0. The van der Waals surface area contributed by atoms with Gasteiger partial charge in [0, 0.05) is 16.5 Å². The average molecular weight is 271 g/mol. The zero-order chi connectivity index (χ0) is 13.2. The van der Waals surface area contributed by atoms with Crippen LogP contribution in [0.3, 0.4) is 0 Å². The van der Waals surface area contributed by atoms with E-state index in [-0.39, 0.29) is 0 Å². The van der Waals surface area contributed by atoms with Crippen LogP contribution in [0.4, 0.5) is 0 Å². The molecule has 1 aromatic carbocycles. The van der Waals surface area contributed by atoms with Crippen molar-refractivity contribution in [2.24, 2.45) is 5.73 Å². The summed E-state index contributed by atoms with van der Waals surface area (Å²) in [5.74, 6) is -0.0131. The number of nitrogens with zero attached hydrogens (tertiary/aromatic N) is 3. The highest BCUT2D eigenvalue weighted by Crippen LogP contribution is 2.32. The SMILES string of the molecule is NC(=O)c1cccc(-c2cscn2)c1-c1ncn[nH]1. The molecule has 0 atom stereocenters. The van der Waals surface area contributed by atoms with Gasteiger partial charge in [-0.1, -0.05) is 12.1 Å². The van der Waals surface area contributed by atoms with E-state index in [0.717, 1.165) is 11.3 Å². The Hall–Kier alpha value is -2.54. The van der Waals surface area contributed by atoms with Crippen LogP contribution in [0.25, 0.3) is 22.6 Å². The molecule has 0 spiro atoms. The highest BCUT2D eigenvalue weighted by molar-refractivity contribution is 7.07. The molecular formula is C12H9N5OS. The molecule has 2 aromatic heterocycles. The van der Waals surface area contributed by atoms with Crippen LogP contribution in [0.15, 0.2) is 35.4 Å². The van der Waals surface area contributed by atoms with Crippen molar-refractivity contribution in [3.8, 4) is 22.6 Å². The lowest BCUT2D eigenvalue weighted by Gasteiger charge is -2.09. The van der Waals surface area contributed by atoms with Crippen LogP contribution in [-0.2, 0) is 0 Å². The van der Waals surface area contributed by atoms with Gasteiger partial charge in [-0.3, -0.25) is 9.89 Å². The number of primary amides is 1. The summed E-state index contributed by atoms with van der Waals surface area (Å²) in [5.41, 5.74) is 9.75. The summed E-state index contributed by atoms with van der Waals surface area (Å²) in [5, 5.41) is 8.48. The lowest BCUT2D eigenvalue weighted by Crippen LogP contribution is -2.13. The van der Waals surface area contributed by atoms with Crippen LogP contribution in [0.2, 0.25) is 0 Å². The normalized spacial score (nSPS) is 10.5. The molecule has 0 bridgehead atoms. The van der Waals surface area contributed by atoms with Gasteiger partial charge in [-0.25, -0.2) is 9.97 Å². The number of carbonyl (C=O) groups excluding carboxylic acids is 1. The van der Waals surface area contributed by atoms with E-state index < -0.39 is 5.91 Å². The Morgan fingerprint density at radius 3 is 2.84 bits per heavy atom. The summed E-state index contributed by atoms with van der Waals surface area (Å²) >= 11 is 1.48. The molecule has 1 amide bonds. The van der Waals surface area contributed by atoms with E-state index in [1.165, 1.54) is 17.7 Å². The Morgan fingerprint density at radius 2 is 2.21 bits per heavy atom. The first-order valence-electron chi connectivity index (χ1n) is 5.44. The van der Waals surface area contributed by atoms with Crippen molar-refractivity contribution in [3.05, 3.63) is 41.0 Å². The smallest absolute Gasteiger partial charge is 0.249 e. The van der Waals surface area contributed by atoms with Crippen molar-refractivity contribution < 1.29 is 4.79 Å². The number of nitrogens with two attached hydrogens (primary N) is 1. The zero-order valence-corrected chi connectivity index (χ0v) is 10.5. The quantitative estimate of drug-likeness (QED) is 0.757. The van der Waals surface area contributed by atoms with Crippen LogP contribution in [0.1, 0.15) is 10.4 Å². The van der Waals surface area contributed by atoms with Gasteiger partial charge in [-0.05, 0) is 6.07 Å². The molecule has 3 rings (SSSR count). The second-order valence-electron chi connectivity index (χ2n) is 3.80. The maximum Gasteiger partial charge on any atom is 0.249 e. The van der Waals surface area contributed by atoms with Gasteiger partial charge in [-0.15, -0.1) is 11.3 Å². The summed E-state index contributed by atoms with van der Waals surface area (Å²) in [4.78, 5) is 19.9. The minimum absolute atomic E-state index is 0.391. The highest BCUT2D eigenvalue weighted by Gasteiger charge is 2.18. The van der Waals surface area contributed by atoms with E-state index in [2.05, 4.69) is 20.2 Å². The number of carbonyl (C=O) groups is 1. The molecular weight excluding hydrogens is 262 g/mol. The van der Waals surface area contributed by atoms with Crippen molar-refractivity contribution in [1.82, 2.24) is 20.2 Å². The summed E-state index contributed by atoms with van der Waals surface area (Å²) in [6.07, 6.45) is 1.39. The zero-order valence-electron chi connectivity index (χ0n) is 9.70. The molecule has 0 aliphatic heterocycles. The van der Waals surface area contributed by atoms with E-state index in [0.29, 0.717) is 17.0 Å². The molecule has 0 aliphatic rings. The second-order valence-corrected chi connectivity index (χ2v) is 4.52. The Labute approximate surface area is 112 Å². The number of hydrogen-bond acceptors (Lipinski definition) is 5. The monoisotopic (exact) mass is 271 g/mol. The van der Waals surface area contributed by atoms with Gasteiger partial charge in [0.25, 0.3) is 0 Å². The van der Waals surface area contributed by atoms with Crippen LogP contribution < -0.4 is 5.73 Å². The number of nitrogens with one attached hydrogen (secondary N) is 1. The second kappa shape index (κ2) is 4.62. The molecule has 94 valence electrons. The van der Waals surface area contributed by atoms with Crippen molar-refractivity contribution in [2.75, 3.05) is 0 Å². The molecule has 3 N–H and O–H groups in total. The first-order chi connectivity index (χ1) is 9.27. The van der Waals surface area contributed by atoms with Crippen molar-refractivity contribution in [3.63, 3.8) is 0 Å². The van der Waals surface area contributed by atoms with Gasteiger partial charge >= 0.3 is 0 Å². The molecule has 0 radical (unpaired) electrons. The maximum absolute atomic E-state index is 11.6. The van der Waals surface area contributed by atoms with Gasteiger partial charge < -0.3 is 5.73 Å². The van der Waals surface area contributed by atoms with E-state index in [1.807, 2.05) is 11.4 Å². The van der Waals surface area contributed by atoms with E-state index in [1.54, 1.807) is 17.6 Å². The van der Waals surface area contributed by atoms with Crippen molar-refractivity contribution in [1.29, 1.82) is 0 Å². The molecule has 0 fully saturated rings. The molecule has 0 saturated heterocycles. The standard InChI is InChI=1S/C12H9N5OS/c13-11(18)8-3-1-2-7(9-4-19-6-15-9)10(8)12-14-5-16-17-12/h1-6H,(H2,13,18)(H,14,16,17). The van der Waals surface area contributed by atoms with E-state index >= 15 is 0 Å². The minimum Gasteiger partial charge on any atom is -0.366 e. The largest absolute Gasteiger partial charge is 0.366 e. The summed E-state index contributed by atoms with van der Waals surface area (Å²) in [6, 6.07) is 5.31. The summed E-state index contributed by atoms with van der Waals surface area (Å²) < 4.78 is 0. The molecule has 19 heavy (non-hydrogen) atoms. The van der Waals surface area contributed by atoms with Crippen LogP contribution in [0.5, 0.6) is 0 Å². The number of amides is 1. The Morgan fingerprint density at radius 1 is 1.32 bits per heavy atom. The Kier molecular flexibility index (Phi) is 2.81. The highest BCUT2D eigenvalue weighted by atomic mass is 32.1. The Bertz CT molecular complexity index is 706. The molecule has 2 heterocycles. The first-order valence-corrected chi connectivity index (χ1v) is 6.39. The fourth-order valence-electron chi connectivity index (χ4n) is 1.90. The molecule has 6 nitrogen and oxygen atoms in total. The predicted octanol–water partition coefficient (Wildman–Crippen LogP) is 1.69. The van der Waals surface area contributed by atoms with Crippen molar-refractivity contribution in [2.45, 2.75) is 0 Å². The van der Waals surface area contributed by atoms with Crippen molar-refractivity contribution >= 4 is 17.2 Å². The van der Waals surface area contributed by atoms with Crippen LogP contribution in [-0.4, -0.2) is 26.1 Å². The van der Waals surface area contributed by atoms with Gasteiger partial charge in [0.15, 0.2) is 5.82 Å². The average Bonchev–Trinajstić information content (AvgIpc) is 3.11. The third kappa shape index (κ3) is 2.00. The van der Waals surface area contributed by atoms with E-state index in [9.17, 15) is 4.79 Å². The molecule has 7 heteroatoms. The number of hydrogen-bond donors (Lipinski definition) is 2. The number of aromatic nitrogens is 4. The summed E-state index contributed by atoms with van der Waals surface area (Å²) in [6.45, 7) is 0. The lowest BCUT2D eigenvalue weighted by atomic mass is 9.98. The third-order valence-corrected chi connectivity index (χ3v) is 3.28. The number of aromatic amines is 1. The van der Waals surface area contributed by atoms with E-state index in [4.69, 9.17) is 5.73 Å². The third-order valence-electron chi connectivity index (χ3n) is 2.69. The number of benzene rings is 1. The molecule has 0 unspecified atom stereocenters. The molecule has 0 saturated carbocycles. The van der Waals surface area contributed by atoms with Crippen LogP contribution in [0, 0.1) is 0 Å². The predicted molar refractivity (Wildman–Crippen MR) is 71.4 cm³/mol. The Balaban J connectivity index is 2.31. The van der Waals surface area contributed by atoms with Gasteiger partial charge in [0.2, 0.25) is 5.91 Å². The summed E-state index contributed by atoms with van der Waals surface area (Å²) in [7, 11) is 0. The number of rotatable bonds is 3. The van der Waals surface area contributed by atoms with Gasteiger partial charge in [0.05, 0.1) is 16.8 Å². The molecule has 0 aliphatic carbocycles.